The second-order valence-electron chi connectivity index (χ2n) is 7.86. The Morgan fingerprint density at radius 3 is 2.67 bits per heavy atom. The smallest absolute Gasteiger partial charge is 0.258 e. The van der Waals surface area contributed by atoms with E-state index < -0.39 is 10.0 Å². The number of nitrogens with one attached hydrogen (secondary N) is 1. The van der Waals surface area contributed by atoms with E-state index >= 15 is 0 Å². The first kappa shape index (κ1) is 23.5. The summed E-state index contributed by atoms with van der Waals surface area (Å²) in [6.45, 7) is 5.33. The van der Waals surface area contributed by atoms with Gasteiger partial charge in [0.25, 0.3) is 5.56 Å². The molecule has 0 atom stereocenters. The molecule has 176 valence electrons. The van der Waals surface area contributed by atoms with Gasteiger partial charge in [-0.1, -0.05) is 11.6 Å². The molecule has 0 spiro atoms. The van der Waals surface area contributed by atoms with Crippen molar-refractivity contribution in [1.29, 1.82) is 0 Å². The van der Waals surface area contributed by atoms with E-state index in [1.807, 2.05) is 13.8 Å². The molecule has 0 saturated carbocycles. The molecule has 1 saturated heterocycles. The number of pyridine rings is 1. The molecular formula is C22H25ClN4O5S. The Morgan fingerprint density at radius 1 is 1.18 bits per heavy atom. The zero-order chi connectivity index (χ0) is 23.6. The van der Waals surface area contributed by atoms with Crippen LogP contribution in [0.1, 0.15) is 19.5 Å². The summed E-state index contributed by atoms with van der Waals surface area (Å²) in [4.78, 5) is 17.1. The summed E-state index contributed by atoms with van der Waals surface area (Å²) in [6, 6.07) is 9.47. The number of nitrogens with zero attached hydrogens (tertiary/aromatic N) is 3. The van der Waals surface area contributed by atoms with Crippen molar-refractivity contribution in [2.75, 3.05) is 31.6 Å². The van der Waals surface area contributed by atoms with Crippen molar-refractivity contribution in [1.82, 2.24) is 13.7 Å². The number of fused-ring (bicyclic) bond motifs is 1. The van der Waals surface area contributed by atoms with Crippen LogP contribution >= 0.6 is 11.6 Å². The van der Waals surface area contributed by atoms with Gasteiger partial charge in [-0.15, -0.1) is 0 Å². The van der Waals surface area contributed by atoms with Crippen molar-refractivity contribution in [3.8, 4) is 5.75 Å². The van der Waals surface area contributed by atoms with Gasteiger partial charge in [0.15, 0.2) is 0 Å². The Balaban J connectivity index is 1.64. The third-order valence-corrected chi connectivity index (χ3v) is 7.18. The van der Waals surface area contributed by atoms with E-state index in [-0.39, 0.29) is 23.1 Å². The predicted molar refractivity (Wildman–Crippen MR) is 126 cm³/mol. The third kappa shape index (κ3) is 5.30. The molecule has 1 aromatic carbocycles. The lowest BCUT2D eigenvalue weighted by atomic mass is 10.2. The largest absolute Gasteiger partial charge is 0.489 e. The van der Waals surface area contributed by atoms with Crippen LogP contribution < -0.4 is 15.6 Å². The number of aromatic nitrogens is 2. The molecule has 33 heavy (non-hydrogen) atoms. The lowest BCUT2D eigenvalue weighted by Crippen LogP contribution is -2.40. The van der Waals surface area contributed by atoms with Crippen LogP contribution in [0.2, 0.25) is 5.02 Å². The molecule has 1 fully saturated rings. The fourth-order valence-electron chi connectivity index (χ4n) is 3.50. The van der Waals surface area contributed by atoms with Crippen LogP contribution in [0.3, 0.4) is 0 Å². The van der Waals surface area contributed by atoms with Crippen LogP contribution in [0, 0.1) is 0 Å². The summed E-state index contributed by atoms with van der Waals surface area (Å²) in [5, 5.41) is 3.62. The van der Waals surface area contributed by atoms with E-state index in [1.165, 1.54) is 27.0 Å². The highest BCUT2D eigenvalue weighted by atomic mass is 35.5. The highest BCUT2D eigenvalue weighted by molar-refractivity contribution is 7.89. The van der Waals surface area contributed by atoms with Gasteiger partial charge >= 0.3 is 0 Å². The van der Waals surface area contributed by atoms with E-state index in [0.29, 0.717) is 54.1 Å². The Hall–Kier alpha value is -2.66. The number of hydrogen-bond acceptors (Lipinski definition) is 7. The topological polar surface area (TPSA) is 102 Å². The molecular weight excluding hydrogens is 468 g/mol. The second kappa shape index (κ2) is 9.68. The SMILES string of the molecule is CC(C)Oc1ccc(S(=O)(=O)N2CCOCC2)cc1NCc1cc(=O)n2cc(Cl)ccc2n1. The van der Waals surface area contributed by atoms with Gasteiger partial charge < -0.3 is 14.8 Å². The molecule has 0 radical (unpaired) electrons. The van der Waals surface area contributed by atoms with E-state index in [9.17, 15) is 13.2 Å². The Bertz CT molecular complexity index is 1320. The molecule has 0 bridgehead atoms. The minimum Gasteiger partial charge on any atom is -0.489 e. The minimum atomic E-state index is -3.68. The number of hydrogen-bond donors (Lipinski definition) is 1. The van der Waals surface area contributed by atoms with Crippen molar-refractivity contribution < 1.29 is 17.9 Å². The van der Waals surface area contributed by atoms with Crippen molar-refractivity contribution in [2.45, 2.75) is 31.4 Å². The van der Waals surface area contributed by atoms with Crippen LogP contribution in [0.5, 0.6) is 5.75 Å². The van der Waals surface area contributed by atoms with Gasteiger partial charge in [-0.05, 0) is 44.2 Å². The molecule has 1 aliphatic heterocycles. The Kier molecular flexibility index (Phi) is 6.89. The van der Waals surface area contributed by atoms with Gasteiger partial charge in [-0.3, -0.25) is 9.20 Å². The van der Waals surface area contributed by atoms with Crippen LogP contribution in [-0.2, 0) is 21.3 Å². The molecule has 3 heterocycles. The van der Waals surface area contributed by atoms with E-state index in [4.69, 9.17) is 21.1 Å². The standard InChI is InChI=1S/C22H25ClN4O5S/c1-15(2)32-20-5-4-18(33(29,30)26-7-9-31-10-8-26)12-19(20)24-13-17-11-22(28)27-14-16(23)3-6-21(27)25-17/h3-6,11-12,14-15,24H,7-10,13H2,1-2H3. The molecule has 1 aliphatic rings. The molecule has 11 heteroatoms. The first-order valence-electron chi connectivity index (χ1n) is 10.5. The predicted octanol–water partition coefficient (Wildman–Crippen LogP) is 2.77. The van der Waals surface area contributed by atoms with Crippen LogP contribution in [-0.4, -0.2) is 54.5 Å². The van der Waals surface area contributed by atoms with Gasteiger partial charge in [-0.2, -0.15) is 4.31 Å². The highest BCUT2D eigenvalue weighted by Crippen LogP contribution is 2.30. The highest BCUT2D eigenvalue weighted by Gasteiger charge is 2.27. The monoisotopic (exact) mass is 492 g/mol. The van der Waals surface area contributed by atoms with Crippen molar-refractivity contribution in [3.63, 3.8) is 0 Å². The van der Waals surface area contributed by atoms with Crippen molar-refractivity contribution in [3.05, 3.63) is 63.7 Å². The quantitative estimate of drug-likeness (QED) is 0.541. The van der Waals surface area contributed by atoms with Crippen LogP contribution in [0.15, 0.2) is 52.3 Å². The maximum atomic E-state index is 13.1. The fraction of sp³-hybridized carbons (Fsp3) is 0.364. The summed E-state index contributed by atoms with van der Waals surface area (Å²) in [5.74, 6) is 0.509. The van der Waals surface area contributed by atoms with Gasteiger partial charge in [0.1, 0.15) is 11.4 Å². The molecule has 4 rings (SSSR count). The summed E-state index contributed by atoms with van der Waals surface area (Å²) in [7, 11) is -3.68. The summed E-state index contributed by atoms with van der Waals surface area (Å²) in [5.41, 5.74) is 1.20. The third-order valence-electron chi connectivity index (χ3n) is 5.06. The number of halogens is 1. The zero-order valence-electron chi connectivity index (χ0n) is 18.3. The maximum Gasteiger partial charge on any atom is 0.258 e. The second-order valence-corrected chi connectivity index (χ2v) is 10.2. The van der Waals surface area contributed by atoms with Gasteiger partial charge in [0.2, 0.25) is 10.0 Å². The number of anilines is 1. The normalized spacial score (nSPS) is 15.2. The molecule has 0 amide bonds. The average molecular weight is 493 g/mol. The number of sulfonamides is 1. The van der Waals surface area contributed by atoms with Gasteiger partial charge in [0.05, 0.1) is 47.2 Å². The number of rotatable bonds is 7. The number of benzene rings is 1. The molecule has 0 aliphatic carbocycles. The maximum absolute atomic E-state index is 13.1. The molecule has 2 aromatic heterocycles. The van der Waals surface area contributed by atoms with Crippen molar-refractivity contribution in [2.24, 2.45) is 0 Å². The summed E-state index contributed by atoms with van der Waals surface area (Å²) >= 11 is 5.96. The fourth-order valence-corrected chi connectivity index (χ4v) is 5.10. The molecule has 3 aromatic rings. The zero-order valence-corrected chi connectivity index (χ0v) is 19.9. The van der Waals surface area contributed by atoms with Gasteiger partial charge in [0, 0.05) is 25.4 Å². The molecule has 1 N–H and O–H groups in total. The van der Waals surface area contributed by atoms with Crippen molar-refractivity contribution >= 4 is 33.0 Å². The lowest BCUT2D eigenvalue weighted by Gasteiger charge is -2.26. The molecule has 9 nitrogen and oxygen atoms in total. The number of morpholine rings is 1. The first-order valence-corrected chi connectivity index (χ1v) is 12.4. The minimum absolute atomic E-state index is 0.111. The summed E-state index contributed by atoms with van der Waals surface area (Å²) in [6.07, 6.45) is 1.40. The van der Waals surface area contributed by atoms with Gasteiger partial charge in [-0.25, -0.2) is 13.4 Å². The average Bonchev–Trinajstić information content (AvgIpc) is 2.79. The van der Waals surface area contributed by atoms with E-state index in [0.717, 1.165) is 0 Å². The van der Waals surface area contributed by atoms with E-state index in [2.05, 4.69) is 10.3 Å². The lowest BCUT2D eigenvalue weighted by molar-refractivity contribution is 0.0730. The Morgan fingerprint density at radius 2 is 1.94 bits per heavy atom. The van der Waals surface area contributed by atoms with E-state index in [1.54, 1.807) is 24.3 Å². The molecule has 0 unspecified atom stereocenters. The van der Waals surface area contributed by atoms with Crippen LogP contribution in [0.4, 0.5) is 5.69 Å². The Labute approximate surface area is 197 Å². The number of ether oxygens (including phenoxy) is 2. The summed E-state index contributed by atoms with van der Waals surface area (Å²) < 4.78 is 40.1. The van der Waals surface area contributed by atoms with Crippen LogP contribution in [0.25, 0.3) is 5.65 Å². The first-order chi connectivity index (χ1) is 15.7.